The minimum atomic E-state index is -0.830. The van der Waals surface area contributed by atoms with Gasteiger partial charge in [0, 0.05) is 24.1 Å². The van der Waals surface area contributed by atoms with Crippen LogP contribution in [0.5, 0.6) is 0 Å². The maximum absolute atomic E-state index is 13.8. The number of aromatic nitrogens is 3. The van der Waals surface area contributed by atoms with Crippen molar-refractivity contribution in [2.75, 3.05) is 0 Å². The van der Waals surface area contributed by atoms with Gasteiger partial charge in [-0.25, -0.2) is 8.78 Å². The van der Waals surface area contributed by atoms with Crippen LogP contribution in [0.1, 0.15) is 54.1 Å². The van der Waals surface area contributed by atoms with Crippen molar-refractivity contribution < 1.29 is 27.6 Å². The molecule has 1 aliphatic rings. The number of nitrogens with one attached hydrogen (secondary N) is 1. The Balaban J connectivity index is 1.36. The second-order valence-electron chi connectivity index (χ2n) is 6.69. The number of aliphatic hydroxyl groups excluding tert-OH is 1. The number of hydrogen-bond donors (Lipinski definition) is 2. The number of halogens is 2. The second-order valence-corrected chi connectivity index (χ2v) is 6.69. The molecule has 0 saturated heterocycles. The Kier molecular flexibility index (Phi) is 4.63. The van der Waals surface area contributed by atoms with Gasteiger partial charge in [0.15, 0.2) is 11.5 Å². The van der Waals surface area contributed by atoms with E-state index in [9.17, 15) is 18.7 Å². The first-order chi connectivity index (χ1) is 13.4. The van der Waals surface area contributed by atoms with Gasteiger partial charge in [0.25, 0.3) is 5.91 Å². The smallest absolute Gasteiger partial charge is 0.273 e. The van der Waals surface area contributed by atoms with E-state index in [0.29, 0.717) is 18.7 Å². The van der Waals surface area contributed by atoms with Crippen LogP contribution < -0.4 is 5.32 Å². The van der Waals surface area contributed by atoms with Gasteiger partial charge in [-0.15, -0.1) is 10.2 Å². The van der Waals surface area contributed by atoms with E-state index in [2.05, 4.69) is 20.7 Å². The quantitative estimate of drug-likeness (QED) is 0.688. The summed E-state index contributed by atoms with van der Waals surface area (Å²) in [4.78, 5) is 12.3. The van der Waals surface area contributed by atoms with Crippen molar-refractivity contribution in [1.29, 1.82) is 0 Å². The standard InChI is InChI=1S/C18H16F2N4O4/c1-8(25)17-22-23-18(27-17)9-4-11(5-9)21-16(26)14-7-15(28-24-14)12-3-2-10(19)6-13(12)20/h2-3,6-9,11,25H,4-5H2,1H3,(H,21,26)/t8-,9?,11?/m0/s1. The number of rotatable bonds is 5. The van der Waals surface area contributed by atoms with Gasteiger partial charge in [0.1, 0.15) is 17.7 Å². The Morgan fingerprint density at radius 1 is 1.29 bits per heavy atom. The molecule has 28 heavy (non-hydrogen) atoms. The van der Waals surface area contributed by atoms with Gasteiger partial charge >= 0.3 is 0 Å². The Morgan fingerprint density at radius 3 is 2.75 bits per heavy atom. The van der Waals surface area contributed by atoms with Crippen molar-refractivity contribution in [2.45, 2.75) is 37.8 Å². The molecule has 0 aliphatic heterocycles. The molecule has 1 amide bonds. The number of carbonyl (C=O) groups excluding carboxylic acids is 1. The van der Waals surface area contributed by atoms with E-state index in [-0.39, 0.29) is 34.9 Å². The van der Waals surface area contributed by atoms with Crippen LogP contribution in [-0.4, -0.2) is 32.4 Å². The van der Waals surface area contributed by atoms with Crippen LogP contribution in [0.15, 0.2) is 33.2 Å². The van der Waals surface area contributed by atoms with Crippen LogP contribution in [0.4, 0.5) is 8.78 Å². The molecule has 0 radical (unpaired) electrons. The first-order valence-electron chi connectivity index (χ1n) is 8.65. The third-order valence-corrected chi connectivity index (χ3v) is 4.58. The Morgan fingerprint density at radius 2 is 2.07 bits per heavy atom. The van der Waals surface area contributed by atoms with E-state index >= 15 is 0 Å². The lowest BCUT2D eigenvalue weighted by molar-refractivity contribution is 0.0892. The van der Waals surface area contributed by atoms with Gasteiger partial charge in [-0.2, -0.15) is 0 Å². The Hall–Kier alpha value is -3.14. The Labute approximate surface area is 157 Å². The molecule has 1 aliphatic carbocycles. The zero-order valence-electron chi connectivity index (χ0n) is 14.7. The summed E-state index contributed by atoms with van der Waals surface area (Å²) in [6, 6.07) is 4.23. The van der Waals surface area contributed by atoms with Crippen molar-refractivity contribution in [3.8, 4) is 11.3 Å². The predicted octanol–water partition coefficient (Wildman–Crippen LogP) is 2.73. The molecular weight excluding hydrogens is 374 g/mol. The third-order valence-electron chi connectivity index (χ3n) is 4.58. The summed E-state index contributed by atoms with van der Waals surface area (Å²) in [7, 11) is 0. The zero-order chi connectivity index (χ0) is 19.8. The molecular formula is C18H16F2N4O4. The fourth-order valence-electron chi connectivity index (χ4n) is 2.98. The molecule has 1 fully saturated rings. The molecule has 4 rings (SSSR count). The Bertz CT molecular complexity index is 1010. The molecule has 0 spiro atoms. The molecule has 1 atom stereocenters. The molecule has 0 unspecified atom stereocenters. The number of carbonyl (C=O) groups is 1. The van der Waals surface area contributed by atoms with Crippen molar-refractivity contribution in [1.82, 2.24) is 20.7 Å². The maximum atomic E-state index is 13.8. The van der Waals surface area contributed by atoms with E-state index in [1.165, 1.54) is 19.1 Å². The summed E-state index contributed by atoms with van der Waals surface area (Å²) in [6.07, 6.45) is 0.374. The first kappa shape index (κ1) is 18.2. The number of hydrogen-bond acceptors (Lipinski definition) is 7. The van der Waals surface area contributed by atoms with Crippen molar-refractivity contribution >= 4 is 5.91 Å². The highest BCUT2D eigenvalue weighted by Crippen LogP contribution is 2.36. The zero-order valence-corrected chi connectivity index (χ0v) is 14.7. The van der Waals surface area contributed by atoms with Gasteiger partial charge in [-0.3, -0.25) is 4.79 Å². The normalized spacial score (nSPS) is 19.9. The summed E-state index contributed by atoms with van der Waals surface area (Å²) >= 11 is 0. The largest absolute Gasteiger partial charge is 0.422 e. The van der Waals surface area contributed by atoms with E-state index in [4.69, 9.17) is 8.94 Å². The lowest BCUT2D eigenvalue weighted by Crippen LogP contribution is -2.43. The summed E-state index contributed by atoms with van der Waals surface area (Å²) in [5, 5.41) is 23.5. The molecule has 2 N–H and O–H groups in total. The average Bonchev–Trinajstić information content (AvgIpc) is 3.27. The molecule has 3 aromatic rings. The summed E-state index contributed by atoms with van der Waals surface area (Å²) in [5.41, 5.74) is 0.0123. The van der Waals surface area contributed by atoms with Gasteiger partial charge in [0.2, 0.25) is 11.8 Å². The van der Waals surface area contributed by atoms with Gasteiger partial charge < -0.3 is 19.4 Å². The van der Waals surface area contributed by atoms with Crippen molar-refractivity contribution in [2.24, 2.45) is 0 Å². The lowest BCUT2D eigenvalue weighted by atomic mass is 9.80. The highest BCUT2D eigenvalue weighted by Gasteiger charge is 2.36. The van der Waals surface area contributed by atoms with E-state index in [0.717, 1.165) is 12.1 Å². The van der Waals surface area contributed by atoms with Crippen LogP contribution in [0.25, 0.3) is 11.3 Å². The van der Waals surface area contributed by atoms with E-state index in [1.807, 2.05) is 0 Å². The number of benzene rings is 1. The molecule has 10 heteroatoms. The van der Waals surface area contributed by atoms with Crippen LogP contribution >= 0.6 is 0 Å². The lowest BCUT2D eigenvalue weighted by Gasteiger charge is -2.33. The summed E-state index contributed by atoms with van der Waals surface area (Å²) < 4.78 is 37.2. The first-order valence-corrected chi connectivity index (χ1v) is 8.65. The van der Waals surface area contributed by atoms with Crippen molar-refractivity contribution in [3.63, 3.8) is 0 Å². The van der Waals surface area contributed by atoms with Crippen molar-refractivity contribution in [3.05, 3.63) is 53.4 Å². The average molecular weight is 390 g/mol. The molecule has 8 nitrogen and oxygen atoms in total. The summed E-state index contributed by atoms with van der Waals surface area (Å²) in [5.74, 6) is -1.35. The van der Waals surface area contributed by atoms with Crippen LogP contribution in [0, 0.1) is 11.6 Å². The van der Waals surface area contributed by atoms with E-state index < -0.39 is 23.6 Å². The fourth-order valence-corrected chi connectivity index (χ4v) is 2.98. The monoisotopic (exact) mass is 390 g/mol. The number of nitrogens with zero attached hydrogens (tertiary/aromatic N) is 3. The second kappa shape index (κ2) is 7.12. The minimum absolute atomic E-state index is 0.00337. The fraction of sp³-hybridized carbons (Fsp3) is 0.333. The topological polar surface area (TPSA) is 114 Å². The summed E-state index contributed by atoms with van der Waals surface area (Å²) in [6.45, 7) is 1.53. The third kappa shape index (κ3) is 3.50. The van der Waals surface area contributed by atoms with Gasteiger partial charge in [-0.05, 0) is 31.9 Å². The highest BCUT2D eigenvalue weighted by molar-refractivity contribution is 5.93. The van der Waals surface area contributed by atoms with Gasteiger partial charge in [-0.1, -0.05) is 5.16 Å². The number of amides is 1. The molecule has 0 bridgehead atoms. The molecule has 2 aromatic heterocycles. The molecule has 1 aromatic carbocycles. The molecule has 146 valence electrons. The van der Waals surface area contributed by atoms with Crippen LogP contribution in [0.3, 0.4) is 0 Å². The highest BCUT2D eigenvalue weighted by atomic mass is 19.1. The SMILES string of the molecule is C[C@H](O)c1nnc(C2CC(NC(=O)c3cc(-c4ccc(F)cc4F)on3)C2)o1. The molecule has 2 heterocycles. The van der Waals surface area contributed by atoms with Crippen LogP contribution in [-0.2, 0) is 0 Å². The number of aliphatic hydroxyl groups is 1. The predicted molar refractivity (Wildman–Crippen MR) is 90.0 cm³/mol. The van der Waals surface area contributed by atoms with E-state index in [1.54, 1.807) is 0 Å². The van der Waals surface area contributed by atoms with Crippen LogP contribution in [0.2, 0.25) is 0 Å². The van der Waals surface area contributed by atoms with Gasteiger partial charge in [0.05, 0.1) is 5.56 Å². The maximum Gasteiger partial charge on any atom is 0.273 e. The minimum Gasteiger partial charge on any atom is -0.422 e. The molecule has 1 saturated carbocycles.